The van der Waals surface area contributed by atoms with Crippen molar-refractivity contribution < 1.29 is 9.59 Å². The second-order valence-corrected chi connectivity index (χ2v) is 7.39. The molecule has 0 bridgehead atoms. The zero-order chi connectivity index (χ0) is 16.2. The first-order chi connectivity index (χ1) is 11.1. The zero-order valence-corrected chi connectivity index (χ0v) is 14.9. The summed E-state index contributed by atoms with van der Waals surface area (Å²) in [6.07, 6.45) is 1.58. The van der Waals surface area contributed by atoms with Crippen molar-refractivity contribution in [2.45, 2.75) is 18.9 Å². The van der Waals surface area contributed by atoms with Crippen LogP contribution in [0.15, 0.2) is 46.3 Å². The lowest BCUT2D eigenvalue weighted by Gasteiger charge is -2.32. The summed E-state index contributed by atoms with van der Waals surface area (Å²) in [7, 11) is 0. The number of benzene rings is 1. The molecule has 1 aliphatic rings. The molecule has 1 aromatic heterocycles. The summed E-state index contributed by atoms with van der Waals surface area (Å²) in [4.78, 5) is 27.1. The summed E-state index contributed by atoms with van der Waals surface area (Å²) >= 11 is 4.82. The molecule has 23 heavy (non-hydrogen) atoms. The fraction of sp³-hybridized carbons (Fsp3) is 0.294. The Balaban J connectivity index is 1.53. The summed E-state index contributed by atoms with van der Waals surface area (Å²) in [5.41, 5.74) is 0.703. The van der Waals surface area contributed by atoms with Crippen molar-refractivity contribution in [3.05, 3.63) is 56.7 Å². The van der Waals surface area contributed by atoms with Crippen molar-refractivity contribution in [3.8, 4) is 0 Å². The fourth-order valence-electron chi connectivity index (χ4n) is 2.67. The lowest BCUT2D eigenvalue weighted by Crippen LogP contribution is -2.46. The minimum absolute atomic E-state index is 0.0160. The predicted molar refractivity (Wildman–Crippen MR) is 94.9 cm³/mol. The topological polar surface area (TPSA) is 49.4 Å². The van der Waals surface area contributed by atoms with Crippen LogP contribution in [0.25, 0.3) is 0 Å². The average Bonchev–Trinajstić information content (AvgIpc) is 3.10. The van der Waals surface area contributed by atoms with Gasteiger partial charge < -0.3 is 10.2 Å². The van der Waals surface area contributed by atoms with Crippen molar-refractivity contribution in [2.75, 3.05) is 13.1 Å². The number of nitrogens with one attached hydrogen (secondary N) is 1. The molecule has 120 valence electrons. The third-order valence-corrected chi connectivity index (χ3v) is 5.35. The van der Waals surface area contributed by atoms with E-state index in [2.05, 4.69) is 21.2 Å². The molecule has 0 aliphatic carbocycles. The molecule has 2 amide bonds. The molecule has 1 N–H and O–H groups in total. The quantitative estimate of drug-likeness (QED) is 0.867. The molecule has 2 aromatic rings. The van der Waals surface area contributed by atoms with Crippen LogP contribution in [-0.4, -0.2) is 35.8 Å². The van der Waals surface area contributed by atoms with Crippen LogP contribution in [-0.2, 0) is 0 Å². The molecule has 1 fully saturated rings. The third-order valence-electron chi connectivity index (χ3n) is 3.95. The number of hydrogen-bond acceptors (Lipinski definition) is 3. The van der Waals surface area contributed by atoms with Gasteiger partial charge >= 0.3 is 0 Å². The molecule has 1 saturated heterocycles. The van der Waals surface area contributed by atoms with Gasteiger partial charge in [0.1, 0.15) is 0 Å². The van der Waals surface area contributed by atoms with Crippen molar-refractivity contribution in [2.24, 2.45) is 0 Å². The SMILES string of the molecule is O=C(NC1CCN(C(=O)c2ccc(Br)cc2)CC1)c1cccs1. The first-order valence-corrected chi connectivity index (χ1v) is 9.20. The number of amides is 2. The molecule has 4 nitrogen and oxygen atoms in total. The fourth-order valence-corrected chi connectivity index (χ4v) is 3.56. The van der Waals surface area contributed by atoms with Gasteiger partial charge in [0.2, 0.25) is 0 Å². The van der Waals surface area contributed by atoms with E-state index in [9.17, 15) is 9.59 Å². The molecule has 1 aliphatic heterocycles. The van der Waals surface area contributed by atoms with Crippen LogP contribution in [0.2, 0.25) is 0 Å². The number of carbonyl (C=O) groups is 2. The van der Waals surface area contributed by atoms with Crippen molar-refractivity contribution in [3.63, 3.8) is 0 Å². The molecule has 0 radical (unpaired) electrons. The molecular weight excluding hydrogens is 376 g/mol. The molecule has 2 heterocycles. The summed E-state index contributed by atoms with van der Waals surface area (Å²) < 4.78 is 0.962. The van der Waals surface area contributed by atoms with E-state index in [1.807, 2.05) is 46.7 Å². The number of piperidine rings is 1. The van der Waals surface area contributed by atoms with Gasteiger partial charge in [-0.2, -0.15) is 0 Å². The monoisotopic (exact) mass is 392 g/mol. The number of carbonyl (C=O) groups excluding carboxylic acids is 2. The van der Waals surface area contributed by atoms with Crippen LogP contribution in [0.3, 0.4) is 0 Å². The lowest BCUT2D eigenvalue weighted by atomic mass is 10.0. The normalized spacial score (nSPS) is 15.4. The molecule has 0 saturated carbocycles. The van der Waals surface area contributed by atoms with Gasteiger partial charge in [-0.05, 0) is 48.6 Å². The van der Waals surface area contributed by atoms with E-state index in [0.29, 0.717) is 18.7 Å². The summed E-state index contributed by atoms with van der Waals surface area (Å²) in [6, 6.07) is 11.3. The van der Waals surface area contributed by atoms with E-state index in [0.717, 1.165) is 22.2 Å². The molecule has 6 heteroatoms. The van der Waals surface area contributed by atoms with Crippen LogP contribution < -0.4 is 5.32 Å². The van der Waals surface area contributed by atoms with Gasteiger partial charge in [-0.15, -0.1) is 11.3 Å². The number of likely N-dealkylation sites (tertiary alicyclic amines) is 1. The number of rotatable bonds is 3. The van der Waals surface area contributed by atoms with Crippen LogP contribution in [0.5, 0.6) is 0 Å². The van der Waals surface area contributed by atoms with Gasteiger partial charge in [-0.25, -0.2) is 0 Å². The van der Waals surface area contributed by atoms with E-state index in [4.69, 9.17) is 0 Å². The molecule has 0 unspecified atom stereocenters. The smallest absolute Gasteiger partial charge is 0.261 e. The first-order valence-electron chi connectivity index (χ1n) is 7.52. The number of hydrogen-bond donors (Lipinski definition) is 1. The number of halogens is 1. The van der Waals surface area contributed by atoms with Crippen LogP contribution in [0, 0.1) is 0 Å². The Labute approximate surface area is 147 Å². The maximum Gasteiger partial charge on any atom is 0.261 e. The standard InChI is InChI=1S/C17H17BrN2O2S/c18-13-5-3-12(4-6-13)17(22)20-9-7-14(8-10-20)19-16(21)15-2-1-11-23-15/h1-6,11,14H,7-10H2,(H,19,21). The predicted octanol–water partition coefficient (Wildman–Crippen LogP) is 3.55. The molecular formula is C17H17BrN2O2S. The van der Waals surface area contributed by atoms with Gasteiger partial charge in [0.15, 0.2) is 0 Å². The molecule has 1 aromatic carbocycles. The maximum atomic E-state index is 12.5. The average molecular weight is 393 g/mol. The Morgan fingerprint density at radius 2 is 1.83 bits per heavy atom. The second kappa shape index (κ2) is 7.27. The molecule has 0 spiro atoms. The van der Waals surface area contributed by atoms with Crippen LogP contribution >= 0.6 is 27.3 Å². The van der Waals surface area contributed by atoms with Gasteiger partial charge in [0.05, 0.1) is 4.88 Å². The molecule has 0 atom stereocenters. The van der Waals surface area contributed by atoms with Crippen molar-refractivity contribution in [1.29, 1.82) is 0 Å². The maximum absolute atomic E-state index is 12.5. The molecule has 3 rings (SSSR count). The highest BCUT2D eigenvalue weighted by Crippen LogP contribution is 2.17. The van der Waals surface area contributed by atoms with E-state index >= 15 is 0 Å². The lowest BCUT2D eigenvalue weighted by molar-refractivity contribution is 0.0698. The highest BCUT2D eigenvalue weighted by atomic mass is 79.9. The van der Waals surface area contributed by atoms with E-state index in [1.165, 1.54) is 11.3 Å². The van der Waals surface area contributed by atoms with E-state index in [-0.39, 0.29) is 17.9 Å². The summed E-state index contributed by atoms with van der Waals surface area (Å²) in [5.74, 6) is 0.0400. The largest absolute Gasteiger partial charge is 0.348 e. The highest BCUT2D eigenvalue weighted by molar-refractivity contribution is 9.10. The minimum Gasteiger partial charge on any atom is -0.348 e. The zero-order valence-electron chi connectivity index (χ0n) is 12.5. The van der Waals surface area contributed by atoms with Crippen molar-refractivity contribution >= 4 is 39.1 Å². The second-order valence-electron chi connectivity index (χ2n) is 5.52. The van der Waals surface area contributed by atoms with Crippen LogP contribution in [0.1, 0.15) is 32.9 Å². The Hall–Kier alpha value is -1.66. The van der Waals surface area contributed by atoms with Gasteiger partial charge in [0, 0.05) is 29.2 Å². The van der Waals surface area contributed by atoms with Crippen molar-refractivity contribution in [1.82, 2.24) is 10.2 Å². The Kier molecular flexibility index (Phi) is 5.13. The number of nitrogens with zero attached hydrogens (tertiary/aromatic N) is 1. The third kappa shape index (κ3) is 4.00. The van der Waals surface area contributed by atoms with Gasteiger partial charge in [-0.1, -0.05) is 22.0 Å². The van der Waals surface area contributed by atoms with Gasteiger partial charge in [-0.3, -0.25) is 9.59 Å². The minimum atomic E-state index is -0.0160. The highest BCUT2D eigenvalue weighted by Gasteiger charge is 2.25. The first kappa shape index (κ1) is 16.2. The van der Waals surface area contributed by atoms with E-state index in [1.54, 1.807) is 0 Å². The Morgan fingerprint density at radius 3 is 2.43 bits per heavy atom. The number of thiophene rings is 1. The summed E-state index contributed by atoms with van der Waals surface area (Å²) in [5, 5.41) is 4.95. The van der Waals surface area contributed by atoms with Gasteiger partial charge in [0.25, 0.3) is 11.8 Å². The Morgan fingerprint density at radius 1 is 1.13 bits per heavy atom. The summed E-state index contributed by atoms with van der Waals surface area (Å²) in [6.45, 7) is 1.34. The van der Waals surface area contributed by atoms with E-state index < -0.39 is 0 Å². The Bertz CT molecular complexity index is 677. The van der Waals surface area contributed by atoms with Crippen LogP contribution in [0.4, 0.5) is 0 Å².